The van der Waals surface area contributed by atoms with E-state index in [0.29, 0.717) is 23.1 Å². The molecule has 1 aromatic heterocycles. The minimum atomic E-state index is -0.425. The van der Waals surface area contributed by atoms with Gasteiger partial charge in [-0.2, -0.15) is 0 Å². The summed E-state index contributed by atoms with van der Waals surface area (Å²) in [5, 5.41) is 3.86. The van der Waals surface area contributed by atoms with E-state index in [9.17, 15) is 9.59 Å². The molecule has 0 spiro atoms. The van der Waals surface area contributed by atoms with Crippen LogP contribution >= 0.6 is 11.8 Å². The molecule has 1 N–H and O–H groups in total. The first kappa shape index (κ1) is 20.1. The highest BCUT2D eigenvalue weighted by molar-refractivity contribution is 7.99. The second-order valence-corrected chi connectivity index (χ2v) is 9.42. The van der Waals surface area contributed by atoms with Crippen molar-refractivity contribution in [1.29, 1.82) is 0 Å². The van der Waals surface area contributed by atoms with E-state index in [-0.39, 0.29) is 11.8 Å². The molecule has 1 unspecified atom stereocenters. The van der Waals surface area contributed by atoms with Gasteiger partial charge in [0.2, 0.25) is 5.91 Å². The number of hydrogen-bond acceptors (Lipinski definition) is 4. The van der Waals surface area contributed by atoms with Gasteiger partial charge >= 0.3 is 0 Å². The minimum Gasteiger partial charge on any atom is -0.354 e. The average molecular weight is 432 g/mol. The summed E-state index contributed by atoms with van der Waals surface area (Å²) in [5.41, 5.74) is 4.30. The SMILES string of the molecule is Cc1ccc(-c2cc(C(=O)N3CSCC3C(=O)NCC3CC3)c3ccccc3n2)cc1. The van der Waals surface area contributed by atoms with Gasteiger partial charge in [0.1, 0.15) is 6.04 Å². The van der Waals surface area contributed by atoms with Crippen LogP contribution in [-0.2, 0) is 4.79 Å². The molecule has 5 rings (SSSR count). The van der Waals surface area contributed by atoms with Crippen LogP contribution in [0.3, 0.4) is 0 Å². The van der Waals surface area contributed by atoms with Crippen molar-refractivity contribution in [2.24, 2.45) is 5.92 Å². The monoisotopic (exact) mass is 431 g/mol. The molecule has 2 heterocycles. The van der Waals surface area contributed by atoms with Crippen LogP contribution in [0.4, 0.5) is 0 Å². The van der Waals surface area contributed by atoms with Gasteiger partial charge in [0.05, 0.1) is 22.7 Å². The van der Waals surface area contributed by atoms with Crippen molar-refractivity contribution < 1.29 is 9.59 Å². The van der Waals surface area contributed by atoms with E-state index in [1.807, 2.05) is 61.5 Å². The number of pyridine rings is 1. The van der Waals surface area contributed by atoms with Crippen LogP contribution in [0.25, 0.3) is 22.2 Å². The molecule has 0 bridgehead atoms. The normalized spacial score (nSPS) is 18.4. The Morgan fingerprint density at radius 3 is 2.68 bits per heavy atom. The Morgan fingerprint density at radius 2 is 1.90 bits per heavy atom. The van der Waals surface area contributed by atoms with Crippen LogP contribution < -0.4 is 5.32 Å². The number of para-hydroxylation sites is 1. The second kappa shape index (κ2) is 8.35. The Morgan fingerprint density at radius 1 is 1.13 bits per heavy atom. The molecular weight excluding hydrogens is 406 g/mol. The maximum atomic E-state index is 13.7. The van der Waals surface area contributed by atoms with Crippen molar-refractivity contribution in [1.82, 2.24) is 15.2 Å². The largest absolute Gasteiger partial charge is 0.354 e. The lowest BCUT2D eigenvalue weighted by molar-refractivity contribution is -0.124. The number of aryl methyl sites for hydroxylation is 1. The predicted molar refractivity (Wildman–Crippen MR) is 125 cm³/mol. The zero-order valence-electron chi connectivity index (χ0n) is 17.5. The van der Waals surface area contributed by atoms with Gasteiger partial charge in [-0.05, 0) is 37.8 Å². The van der Waals surface area contributed by atoms with E-state index in [0.717, 1.165) is 28.7 Å². The van der Waals surface area contributed by atoms with Gasteiger partial charge in [-0.1, -0.05) is 48.0 Å². The van der Waals surface area contributed by atoms with E-state index in [4.69, 9.17) is 4.98 Å². The third-order valence-electron chi connectivity index (χ3n) is 6.00. The highest BCUT2D eigenvalue weighted by Gasteiger charge is 2.36. The molecule has 1 saturated carbocycles. The van der Waals surface area contributed by atoms with Gasteiger partial charge in [-0.25, -0.2) is 4.98 Å². The number of carbonyl (C=O) groups excluding carboxylic acids is 2. The number of fused-ring (bicyclic) bond motifs is 1. The average Bonchev–Trinajstić information content (AvgIpc) is 3.50. The van der Waals surface area contributed by atoms with Crippen LogP contribution in [0.15, 0.2) is 54.6 Å². The molecule has 6 heteroatoms. The number of thioether (sulfide) groups is 1. The first-order valence-corrected chi connectivity index (χ1v) is 11.9. The third kappa shape index (κ3) is 4.17. The van der Waals surface area contributed by atoms with E-state index in [1.165, 1.54) is 18.4 Å². The molecule has 0 radical (unpaired) electrons. The number of nitrogens with zero attached hydrogens (tertiary/aromatic N) is 2. The van der Waals surface area contributed by atoms with Crippen molar-refractivity contribution in [3.63, 3.8) is 0 Å². The summed E-state index contributed by atoms with van der Waals surface area (Å²) < 4.78 is 0. The molecule has 2 amide bonds. The lowest BCUT2D eigenvalue weighted by atomic mass is 10.0. The van der Waals surface area contributed by atoms with Crippen molar-refractivity contribution in [3.05, 3.63) is 65.7 Å². The van der Waals surface area contributed by atoms with Gasteiger partial charge < -0.3 is 10.2 Å². The summed E-state index contributed by atoms with van der Waals surface area (Å²) in [6.45, 7) is 2.77. The molecule has 2 fully saturated rings. The fourth-order valence-corrected chi connectivity index (χ4v) is 5.08. The molecule has 3 aromatic rings. The minimum absolute atomic E-state index is 0.0395. The highest BCUT2D eigenvalue weighted by atomic mass is 32.2. The Balaban J connectivity index is 1.49. The Kier molecular flexibility index (Phi) is 5.40. The van der Waals surface area contributed by atoms with E-state index >= 15 is 0 Å². The maximum absolute atomic E-state index is 13.7. The number of nitrogens with one attached hydrogen (secondary N) is 1. The zero-order valence-corrected chi connectivity index (χ0v) is 18.3. The number of benzene rings is 2. The summed E-state index contributed by atoms with van der Waals surface area (Å²) in [5.74, 6) is 1.63. The van der Waals surface area contributed by atoms with Crippen molar-refractivity contribution in [2.75, 3.05) is 18.2 Å². The predicted octanol–water partition coefficient (Wildman–Crippen LogP) is 4.25. The lowest BCUT2D eigenvalue weighted by Gasteiger charge is -2.24. The summed E-state index contributed by atoms with van der Waals surface area (Å²) in [6.07, 6.45) is 2.38. The fraction of sp³-hybridized carbons (Fsp3) is 0.320. The summed E-state index contributed by atoms with van der Waals surface area (Å²) >= 11 is 1.63. The van der Waals surface area contributed by atoms with Gasteiger partial charge in [0.15, 0.2) is 0 Å². The van der Waals surface area contributed by atoms with Crippen molar-refractivity contribution >= 4 is 34.5 Å². The first-order valence-electron chi connectivity index (χ1n) is 10.7. The number of carbonyl (C=O) groups is 2. The molecule has 1 saturated heterocycles. The molecule has 1 aliphatic heterocycles. The Hall–Kier alpha value is -2.86. The van der Waals surface area contributed by atoms with Crippen LogP contribution in [0.2, 0.25) is 0 Å². The van der Waals surface area contributed by atoms with Gasteiger partial charge in [-0.3, -0.25) is 9.59 Å². The summed E-state index contributed by atoms with van der Waals surface area (Å²) in [7, 11) is 0. The molecule has 5 nitrogen and oxygen atoms in total. The summed E-state index contributed by atoms with van der Waals surface area (Å²) in [4.78, 5) is 33.0. The van der Waals surface area contributed by atoms with E-state index < -0.39 is 6.04 Å². The molecule has 2 aliphatic rings. The first-order chi connectivity index (χ1) is 15.1. The Bertz CT molecular complexity index is 1140. The van der Waals surface area contributed by atoms with Crippen LogP contribution in [0, 0.1) is 12.8 Å². The number of aromatic nitrogens is 1. The Labute approximate surface area is 186 Å². The molecule has 158 valence electrons. The molecule has 31 heavy (non-hydrogen) atoms. The quantitative estimate of drug-likeness (QED) is 0.656. The van der Waals surface area contributed by atoms with E-state index in [1.54, 1.807) is 16.7 Å². The fourth-order valence-electron chi connectivity index (χ4n) is 3.92. The standard InChI is InChI=1S/C25H25N3O2S/c1-16-6-10-18(11-7-16)22-12-20(19-4-2-3-5-21(19)27-22)25(30)28-15-31-14-23(28)24(29)26-13-17-8-9-17/h2-7,10-12,17,23H,8-9,13-15H2,1H3,(H,26,29). The van der Waals surface area contributed by atoms with E-state index in [2.05, 4.69) is 5.32 Å². The molecule has 1 aliphatic carbocycles. The second-order valence-electron chi connectivity index (χ2n) is 8.42. The van der Waals surface area contributed by atoms with Crippen LogP contribution in [0.5, 0.6) is 0 Å². The zero-order chi connectivity index (χ0) is 21.4. The topological polar surface area (TPSA) is 62.3 Å². The summed E-state index contributed by atoms with van der Waals surface area (Å²) in [6, 6.07) is 17.3. The van der Waals surface area contributed by atoms with Gasteiger partial charge in [0.25, 0.3) is 5.91 Å². The molecule has 1 atom stereocenters. The molecular formula is C25H25N3O2S. The number of rotatable bonds is 5. The number of hydrogen-bond donors (Lipinski definition) is 1. The van der Waals surface area contributed by atoms with Crippen LogP contribution in [-0.4, -0.2) is 45.9 Å². The maximum Gasteiger partial charge on any atom is 0.256 e. The third-order valence-corrected chi connectivity index (χ3v) is 7.01. The van der Waals surface area contributed by atoms with Crippen LogP contribution in [0.1, 0.15) is 28.8 Å². The lowest BCUT2D eigenvalue weighted by Crippen LogP contribution is -2.47. The van der Waals surface area contributed by atoms with Crippen molar-refractivity contribution in [3.8, 4) is 11.3 Å². The number of amides is 2. The van der Waals surface area contributed by atoms with Crippen molar-refractivity contribution in [2.45, 2.75) is 25.8 Å². The molecule has 2 aromatic carbocycles. The smallest absolute Gasteiger partial charge is 0.256 e. The van der Waals surface area contributed by atoms with Gasteiger partial charge in [0, 0.05) is 23.2 Å². The highest BCUT2D eigenvalue weighted by Crippen LogP contribution is 2.30. The van der Waals surface area contributed by atoms with Gasteiger partial charge in [-0.15, -0.1) is 11.8 Å².